The van der Waals surface area contributed by atoms with Gasteiger partial charge >= 0.3 is 5.20 Å². The molecule has 0 amide bonds. The summed E-state index contributed by atoms with van der Waals surface area (Å²) in [7, 11) is -1.00. The standard InChI is InChI=1S/C7HCl2FN4.C7H3FN4O2.CH3F.Cl3OP/c8-5-4(10)6(9)14-7(13-5)3(1-11)2-12-14;8-4-6(13)11-5-3(1-9)2-10-12(5)7(4)14;1-2;1-5(2,3)4/h2H;2,14H,(H,11,13);1H3;/i;;1D;. The first-order valence-corrected chi connectivity index (χ1v) is 13.1. The monoisotopic (exact) mass is 611 g/mol. The first-order chi connectivity index (χ1) is 16.7. The van der Waals surface area contributed by atoms with Crippen LogP contribution in [0.15, 0.2) is 17.2 Å². The van der Waals surface area contributed by atoms with Crippen molar-refractivity contribution < 1.29 is 24.2 Å². The molecule has 0 radical (unpaired) electrons. The number of hydrogen-bond donors (Lipinski definition) is 2. The molecule has 0 aliphatic carbocycles. The fraction of sp³-hybridized carbons (Fsp3) is 0.0667. The lowest BCUT2D eigenvalue weighted by Gasteiger charge is -1.99. The molecule has 0 atom stereocenters. The minimum atomic E-state index is -3.22. The summed E-state index contributed by atoms with van der Waals surface area (Å²) in [5, 5.41) is 29.7. The predicted molar refractivity (Wildman–Crippen MR) is 122 cm³/mol. The van der Waals surface area contributed by atoms with E-state index in [1.165, 1.54) is 6.20 Å². The second-order valence-electron chi connectivity index (χ2n) is 5.33. The van der Waals surface area contributed by atoms with Gasteiger partial charge in [0.2, 0.25) is 5.82 Å². The van der Waals surface area contributed by atoms with Gasteiger partial charge in [-0.15, -0.1) is 0 Å². The number of fused-ring (bicyclic) bond motifs is 2. The van der Waals surface area contributed by atoms with E-state index in [2.05, 4.69) is 53.9 Å². The van der Waals surface area contributed by atoms with Crippen LogP contribution in [0.25, 0.3) is 11.3 Å². The molecule has 0 saturated carbocycles. The highest BCUT2D eigenvalue weighted by atomic mass is 36.0. The highest BCUT2D eigenvalue weighted by molar-refractivity contribution is 8.24. The molecule has 4 rings (SSSR count). The number of aromatic nitrogens is 6. The third-order valence-electron chi connectivity index (χ3n) is 3.33. The second-order valence-corrected chi connectivity index (χ2v) is 12.7. The summed E-state index contributed by atoms with van der Waals surface area (Å²) in [6, 6.07) is 3.58. The number of H-pyrrole nitrogens is 1. The molecule has 4 aromatic heterocycles. The highest BCUT2D eigenvalue weighted by Gasteiger charge is 2.16. The molecule has 0 aliphatic rings. The van der Waals surface area contributed by atoms with Gasteiger partial charge in [-0.2, -0.15) is 34.1 Å². The summed E-state index contributed by atoms with van der Waals surface area (Å²) in [5.41, 5.74) is -0.737. The molecule has 0 fully saturated rings. The third-order valence-corrected chi connectivity index (χ3v) is 3.91. The first kappa shape index (κ1) is 28.5. The molecule has 4 heterocycles. The number of alkyl halides is 1. The Balaban J connectivity index is 0.000000280. The molecule has 0 aliphatic heterocycles. The maximum absolute atomic E-state index is 13.1. The number of nitriles is 2. The van der Waals surface area contributed by atoms with Crippen LogP contribution in [0.5, 0.6) is 5.88 Å². The molecule has 11 nitrogen and oxygen atoms in total. The van der Waals surface area contributed by atoms with Crippen LogP contribution in [0.2, 0.25) is 10.3 Å². The quantitative estimate of drug-likeness (QED) is 0.202. The topological polar surface area (TPSA) is 165 Å². The van der Waals surface area contributed by atoms with Crippen molar-refractivity contribution in [1.82, 2.24) is 29.2 Å². The minimum Gasteiger partial charge on any atom is -0.491 e. The van der Waals surface area contributed by atoms with Gasteiger partial charge < -0.3 is 10.1 Å². The van der Waals surface area contributed by atoms with E-state index >= 15 is 0 Å². The number of hydrogen-bond acceptors (Lipinski definition) is 8. The number of halogens is 8. The van der Waals surface area contributed by atoms with E-state index in [1.807, 2.05) is 6.07 Å². The van der Waals surface area contributed by atoms with Crippen molar-refractivity contribution in [2.45, 2.75) is 0 Å². The largest absolute Gasteiger partial charge is 0.491 e. The Bertz CT molecular complexity index is 1570. The molecule has 0 bridgehead atoms. The number of aromatic amines is 1. The minimum absolute atomic E-state index is 0.0311. The van der Waals surface area contributed by atoms with Crippen molar-refractivity contribution in [2.24, 2.45) is 0 Å². The summed E-state index contributed by atoms with van der Waals surface area (Å²) in [6.45, 7) is 0. The molecular weight excluding hydrogens is 605 g/mol. The van der Waals surface area contributed by atoms with Crippen LogP contribution in [-0.4, -0.2) is 41.5 Å². The molecular formula is C15H7Cl5F3N8O3P. The van der Waals surface area contributed by atoms with E-state index in [0.29, 0.717) is 0 Å². The summed E-state index contributed by atoms with van der Waals surface area (Å²) in [6.07, 6.45) is 2.36. The molecule has 186 valence electrons. The molecule has 0 aromatic carbocycles. The molecule has 35 heavy (non-hydrogen) atoms. The Morgan fingerprint density at radius 3 is 2.11 bits per heavy atom. The average molecular weight is 614 g/mol. The van der Waals surface area contributed by atoms with Gasteiger partial charge in [0.05, 0.1) is 20.9 Å². The maximum atomic E-state index is 13.1. The highest BCUT2D eigenvalue weighted by Crippen LogP contribution is 2.61. The van der Waals surface area contributed by atoms with Crippen LogP contribution < -0.4 is 5.56 Å². The van der Waals surface area contributed by atoms with Crippen LogP contribution in [0, 0.1) is 34.3 Å². The average Bonchev–Trinajstić information content (AvgIpc) is 3.39. The molecule has 4 aromatic rings. The molecule has 0 saturated heterocycles. The summed E-state index contributed by atoms with van der Waals surface area (Å²) < 4.78 is 52.7. The van der Waals surface area contributed by atoms with E-state index in [-0.39, 0.29) is 32.7 Å². The summed E-state index contributed by atoms with van der Waals surface area (Å²) in [5.74, 6) is -3.09. The Morgan fingerprint density at radius 2 is 1.60 bits per heavy atom. The van der Waals surface area contributed by atoms with Crippen molar-refractivity contribution in [3.63, 3.8) is 0 Å². The zero-order valence-corrected chi connectivity index (χ0v) is 20.9. The van der Waals surface area contributed by atoms with Crippen molar-refractivity contribution in [3.8, 4) is 18.0 Å². The van der Waals surface area contributed by atoms with Crippen LogP contribution >= 0.6 is 62.1 Å². The number of nitrogens with zero attached hydrogens (tertiary/aromatic N) is 7. The van der Waals surface area contributed by atoms with Crippen molar-refractivity contribution in [2.75, 3.05) is 7.15 Å². The second kappa shape index (κ2) is 12.8. The van der Waals surface area contributed by atoms with Gasteiger partial charge in [-0.25, -0.2) is 9.37 Å². The third kappa shape index (κ3) is 7.64. The van der Waals surface area contributed by atoms with Gasteiger partial charge in [-0.3, -0.25) is 13.8 Å². The number of aromatic hydroxyl groups is 1. The van der Waals surface area contributed by atoms with Gasteiger partial charge in [-0.05, 0) is 33.7 Å². The fourth-order valence-electron chi connectivity index (χ4n) is 2.06. The van der Waals surface area contributed by atoms with E-state index in [9.17, 15) is 22.5 Å². The lowest BCUT2D eigenvalue weighted by atomic mass is 10.4. The Kier molecular flexibility index (Phi) is 10.5. The maximum Gasteiger partial charge on any atom is 0.339 e. The SMILES string of the molecule is N#Cc1cnn2c(Cl)c(F)c(Cl)nc12.N#Cc1cnn2c(O)c(F)c(=O)[nH]c12.O=P(Cl)(Cl)Cl.[2H]CF. The van der Waals surface area contributed by atoms with Gasteiger partial charge in [0.1, 0.15) is 23.3 Å². The summed E-state index contributed by atoms with van der Waals surface area (Å²) >= 11 is 24.9. The summed E-state index contributed by atoms with van der Waals surface area (Å²) in [4.78, 5) is 16.6. The first-order valence-electron chi connectivity index (χ1n) is 8.63. The van der Waals surface area contributed by atoms with E-state index < -0.39 is 35.4 Å². The van der Waals surface area contributed by atoms with Gasteiger partial charge in [0, 0.05) is 0 Å². The van der Waals surface area contributed by atoms with Gasteiger partial charge in [-0.1, -0.05) is 23.2 Å². The molecule has 0 spiro atoms. The number of nitrogens with one attached hydrogen (secondary N) is 1. The number of rotatable bonds is 0. The molecule has 2 N–H and O–H groups in total. The van der Waals surface area contributed by atoms with Crippen molar-refractivity contribution >= 4 is 73.4 Å². The van der Waals surface area contributed by atoms with E-state index in [1.54, 1.807) is 6.07 Å². The van der Waals surface area contributed by atoms with Crippen LogP contribution in [0.3, 0.4) is 0 Å². The lowest BCUT2D eigenvalue weighted by molar-refractivity contribution is 0.390. The molecule has 0 unspecified atom stereocenters. The van der Waals surface area contributed by atoms with Crippen molar-refractivity contribution in [3.05, 3.63) is 55.8 Å². The van der Waals surface area contributed by atoms with Crippen LogP contribution in [0.4, 0.5) is 13.2 Å². The van der Waals surface area contributed by atoms with Crippen LogP contribution in [0.1, 0.15) is 12.5 Å². The predicted octanol–water partition coefficient (Wildman–Crippen LogP) is 5.18. The lowest BCUT2D eigenvalue weighted by Crippen LogP contribution is -2.14. The van der Waals surface area contributed by atoms with E-state index in [4.69, 9.17) is 40.2 Å². The van der Waals surface area contributed by atoms with Gasteiger partial charge in [0.25, 0.3) is 11.4 Å². The zero-order valence-electron chi connectivity index (χ0n) is 17.2. The van der Waals surface area contributed by atoms with Crippen molar-refractivity contribution in [1.29, 1.82) is 10.5 Å². The Labute approximate surface area is 217 Å². The smallest absolute Gasteiger partial charge is 0.339 e. The zero-order chi connectivity index (χ0) is 27.8. The van der Waals surface area contributed by atoms with Crippen LogP contribution in [-0.2, 0) is 4.57 Å². The van der Waals surface area contributed by atoms with Gasteiger partial charge in [0.15, 0.2) is 27.4 Å². The Hall–Kier alpha value is -2.71. The normalized spacial score (nSPS) is 10.5. The Morgan fingerprint density at radius 1 is 1.11 bits per heavy atom. The van der Waals surface area contributed by atoms with E-state index in [0.717, 1.165) is 15.2 Å². The molecule has 20 heteroatoms. The fourth-order valence-corrected chi connectivity index (χ4v) is 2.49.